The Morgan fingerprint density at radius 2 is 1.90 bits per heavy atom. The number of hydrogen-bond donors (Lipinski definition) is 1. The van der Waals surface area contributed by atoms with Gasteiger partial charge in [-0.2, -0.15) is 4.74 Å². The van der Waals surface area contributed by atoms with Crippen LogP contribution in [0.4, 0.5) is 22.7 Å². The quantitative estimate of drug-likeness (QED) is 0.310. The minimum atomic E-state index is -0.481. The lowest BCUT2D eigenvalue weighted by molar-refractivity contribution is -0.384. The van der Waals surface area contributed by atoms with Crippen molar-refractivity contribution in [2.75, 3.05) is 30.6 Å². The molecule has 148 valence electrons. The van der Waals surface area contributed by atoms with Crippen molar-refractivity contribution in [1.29, 1.82) is 0 Å². The van der Waals surface area contributed by atoms with Crippen molar-refractivity contribution in [3.63, 3.8) is 0 Å². The fourth-order valence-electron chi connectivity index (χ4n) is 3.20. The first-order valence-corrected chi connectivity index (χ1v) is 8.81. The highest BCUT2D eigenvalue weighted by molar-refractivity contribution is 6.00. The van der Waals surface area contributed by atoms with Crippen LogP contribution in [0.5, 0.6) is 0 Å². The third-order valence-corrected chi connectivity index (χ3v) is 4.75. The fraction of sp³-hybridized carbons (Fsp3) is 0.150. The Morgan fingerprint density at radius 3 is 2.62 bits per heavy atom. The van der Waals surface area contributed by atoms with E-state index in [0.29, 0.717) is 22.7 Å². The number of fused-ring (bicyclic) bond motifs is 1. The molecule has 9 heteroatoms. The van der Waals surface area contributed by atoms with Gasteiger partial charge in [-0.05, 0) is 24.3 Å². The molecule has 0 bridgehead atoms. The second kappa shape index (κ2) is 6.95. The van der Waals surface area contributed by atoms with E-state index in [-0.39, 0.29) is 23.7 Å². The van der Waals surface area contributed by atoms with Crippen LogP contribution < -0.4 is 9.96 Å². The van der Waals surface area contributed by atoms with E-state index >= 15 is 0 Å². The van der Waals surface area contributed by atoms with Crippen LogP contribution in [0, 0.1) is 15.3 Å². The molecule has 0 unspecified atom stereocenters. The van der Waals surface area contributed by atoms with Crippen LogP contribution in [0.25, 0.3) is 11.3 Å². The Kier molecular flexibility index (Phi) is 4.44. The van der Waals surface area contributed by atoms with E-state index in [4.69, 9.17) is 4.42 Å². The first-order valence-electron chi connectivity index (χ1n) is 8.81. The van der Waals surface area contributed by atoms with E-state index < -0.39 is 4.92 Å². The van der Waals surface area contributed by atoms with Crippen molar-refractivity contribution < 1.29 is 19.3 Å². The number of furan rings is 1. The average molecular weight is 394 g/mol. The molecule has 2 heterocycles. The van der Waals surface area contributed by atoms with Crippen LogP contribution >= 0.6 is 0 Å². The summed E-state index contributed by atoms with van der Waals surface area (Å²) in [5.41, 5.74) is 2.26. The Balaban J connectivity index is 1.73. The van der Waals surface area contributed by atoms with E-state index in [1.165, 1.54) is 12.1 Å². The number of nitro groups is 1. The Bertz CT molecular complexity index is 1140. The molecule has 0 saturated heterocycles. The molecule has 29 heavy (non-hydrogen) atoms. The number of anilines is 2. The third-order valence-electron chi connectivity index (χ3n) is 4.75. The van der Waals surface area contributed by atoms with Gasteiger partial charge in [0.25, 0.3) is 11.4 Å². The van der Waals surface area contributed by atoms with Crippen molar-refractivity contribution in [2.24, 2.45) is 0 Å². The van der Waals surface area contributed by atoms with Crippen molar-refractivity contribution in [2.45, 2.75) is 0 Å². The maximum Gasteiger partial charge on any atom is 0.270 e. The summed E-state index contributed by atoms with van der Waals surface area (Å²) in [6, 6.07) is 14.5. The van der Waals surface area contributed by atoms with Gasteiger partial charge in [0.15, 0.2) is 5.76 Å². The molecule has 0 saturated carbocycles. The molecule has 0 atom stereocenters. The highest BCUT2D eigenvalue weighted by Gasteiger charge is 2.31. The number of nitro benzene ring substituents is 1. The van der Waals surface area contributed by atoms with Gasteiger partial charge in [0.2, 0.25) is 5.69 Å². The molecule has 0 fully saturated rings. The monoisotopic (exact) mass is 394 g/mol. The predicted molar refractivity (Wildman–Crippen MR) is 108 cm³/mol. The average Bonchev–Trinajstić information content (AvgIpc) is 3.20. The molecule has 0 radical (unpaired) electrons. The van der Waals surface area contributed by atoms with Gasteiger partial charge in [0, 0.05) is 43.5 Å². The number of rotatable bonds is 4. The summed E-state index contributed by atoms with van der Waals surface area (Å²) < 4.78 is 6.53. The molecule has 0 spiro atoms. The van der Waals surface area contributed by atoms with Crippen LogP contribution in [0.15, 0.2) is 59.0 Å². The van der Waals surface area contributed by atoms with Crippen LogP contribution in [0.2, 0.25) is 0 Å². The van der Waals surface area contributed by atoms with Gasteiger partial charge < -0.3 is 14.5 Å². The van der Waals surface area contributed by atoms with E-state index in [2.05, 4.69) is 0 Å². The third kappa shape index (κ3) is 3.27. The Labute approximate surface area is 166 Å². The zero-order chi connectivity index (χ0) is 20.7. The molecular weight excluding hydrogens is 376 g/mol. The van der Waals surface area contributed by atoms with Gasteiger partial charge in [-0.15, -0.1) is 0 Å². The zero-order valence-electron chi connectivity index (χ0n) is 15.8. The second-order valence-electron chi connectivity index (χ2n) is 6.84. The van der Waals surface area contributed by atoms with Gasteiger partial charge in [0.1, 0.15) is 18.0 Å². The van der Waals surface area contributed by atoms with E-state index in [1.54, 1.807) is 42.5 Å². The number of nitrogens with zero attached hydrogens (tertiary/aromatic N) is 4. The van der Waals surface area contributed by atoms with E-state index in [9.17, 15) is 20.5 Å². The van der Waals surface area contributed by atoms with Crippen molar-refractivity contribution >= 4 is 28.5 Å². The minimum absolute atomic E-state index is 0.0524. The Hall–Kier alpha value is -3.85. The predicted octanol–water partition coefficient (Wildman–Crippen LogP) is 3.76. The van der Waals surface area contributed by atoms with Crippen molar-refractivity contribution in [1.82, 2.24) is 0 Å². The summed E-state index contributed by atoms with van der Waals surface area (Å²) in [6.45, 7) is -0.0602. The van der Waals surface area contributed by atoms with Crippen molar-refractivity contribution in [3.05, 3.63) is 75.7 Å². The zero-order valence-corrected chi connectivity index (χ0v) is 15.8. The summed E-state index contributed by atoms with van der Waals surface area (Å²) >= 11 is 0. The molecule has 9 nitrogen and oxygen atoms in total. The molecule has 3 aromatic rings. The molecular formula is C20H18N4O5. The van der Waals surface area contributed by atoms with E-state index in [0.717, 1.165) is 15.5 Å². The minimum Gasteiger partial charge on any atom is -0.618 e. The first kappa shape index (κ1) is 18.5. The molecule has 2 aromatic carbocycles. The number of hydroxylamine groups is 1. The fourth-order valence-corrected chi connectivity index (χ4v) is 3.20. The first-order chi connectivity index (χ1) is 13.8. The summed E-state index contributed by atoms with van der Waals surface area (Å²) in [5, 5.41) is 35.3. The van der Waals surface area contributed by atoms with Gasteiger partial charge in [0.05, 0.1) is 4.92 Å². The summed E-state index contributed by atoms with van der Waals surface area (Å²) in [7, 11) is 3.74. The van der Waals surface area contributed by atoms with Crippen LogP contribution in [-0.2, 0) is 0 Å². The number of benzene rings is 2. The summed E-state index contributed by atoms with van der Waals surface area (Å²) in [6.07, 6.45) is 0. The Morgan fingerprint density at radius 1 is 1.14 bits per heavy atom. The molecule has 1 aliphatic heterocycles. The van der Waals surface area contributed by atoms with E-state index in [1.807, 2.05) is 19.0 Å². The summed E-state index contributed by atoms with van der Waals surface area (Å²) in [4.78, 5) is 12.4. The van der Waals surface area contributed by atoms with Crippen LogP contribution in [0.3, 0.4) is 0 Å². The number of non-ortho nitro benzene ring substituents is 1. The lowest BCUT2D eigenvalue weighted by atomic mass is 10.1. The van der Waals surface area contributed by atoms with Crippen LogP contribution in [-0.4, -0.2) is 41.2 Å². The van der Waals surface area contributed by atoms with Crippen LogP contribution in [0.1, 0.15) is 5.76 Å². The highest BCUT2D eigenvalue weighted by Crippen LogP contribution is 2.35. The SMILES string of the molecule is CN(C)c1ccc2c(c1)N(O)CC(c1ccc(-c3cccc([N+](=O)[O-])c3)o1)=[N+]2[O-]. The lowest BCUT2D eigenvalue weighted by Crippen LogP contribution is -2.35. The van der Waals surface area contributed by atoms with Crippen molar-refractivity contribution in [3.8, 4) is 11.3 Å². The normalized spacial score (nSPS) is 13.4. The smallest absolute Gasteiger partial charge is 0.270 e. The topological polar surface area (TPSA) is 109 Å². The standard InChI is InChI=1S/C20H18N4O5/c1-21(2)14-6-7-16-17(11-14)22(25)12-18(23(16)26)20-9-8-19(29-20)13-4-3-5-15(10-13)24(27)28/h3-11,25H,12H2,1-2H3. The molecule has 0 amide bonds. The highest BCUT2D eigenvalue weighted by atomic mass is 16.6. The number of hydrogen-bond acceptors (Lipinski definition) is 7. The van der Waals surface area contributed by atoms with Gasteiger partial charge >= 0.3 is 0 Å². The molecule has 1 aliphatic rings. The second-order valence-corrected chi connectivity index (χ2v) is 6.84. The lowest BCUT2D eigenvalue weighted by Gasteiger charge is -2.25. The molecule has 1 N–H and O–H groups in total. The maximum absolute atomic E-state index is 12.9. The van der Waals surface area contributed by atoms with Gasteiger partial charge in [-0.1, -0.05) is 12.1 Å². The molecule has 0 aliphatic carbocycles. The van der Waals surface area contributed by atoms with Gasteiger partial charge in [-0.3, -0.25) is 15.3 Å². The molecule has 4 rings (SSSR count). The molecule has 1 aromatic heterocycles. The summed E-state index contributed by atoms with van der Waals surface area (Å²) in [5.74, 6) is 0.672. The largest absolute Gasteiger partial charge is 0.618 e. The maximum atomic E-state index is 12.9. The van der Waals surface area contributed by atoms with Gasteiger partial charge in [-0.25, -0.2) is 5.06 Å².